The van der Waals surface area contributed by atoms with E-state index in [1.165, 1.54) is 18.6 Å². The molecule has 1 fully saturated rings. The van der Waals surface area contributed by atoms with E-state index in [0.717, 1.165) is 47.1 Å². The first-order valence-corrected chi connectivity index (χ1v) is 13.1. The highest BCUT2D eigenvalue weighted by Crippen LogP contribution is 2.32. The van der Waals surface area contributed by atoms with Crippen molar-refractivity contribution in [3.8, 4) is 0 Å². The molecule has 0 bridgehead atoms. The van der Waals surface area contributed by atoms with Crippen molar-refractivity contribution in [2.45, 2.75) is 71.6 Å². The minimum absolute atomic E-state index is 0.00599. The van der Waals surface area contributed by atoms with Gasteiger partial charge in [0.1, 0.15) is 0 Å². The number of carbonyl (C=O) groups is 1. The van der Waals surface area contributed by atoms with E-state index in [1.807, 2.05) is 4.90 Å². The van der Waals surface area contributed by atoms with Gasteiger partial charge in [0, 0.05) is 47.9 Å². The number of hydrogen-bond donors (Lipinski definition) is 0. The Morgan fingerprint density at radius 1 is 0.838 bits per heavy atom. The fraction of sp³-hybridized carbons (Fsp3) is 0.464. The van der Waals surface area contributed by atoms with Crippen molar-refractivity contribution in [2.75, 3.05) is 13.1 Å². The fourth-order valence-corrected chi connectivity index (χ4v) is 5.05. The largest absolute Gasteiger partial charge is 0.339 e. The number of hydrogen-bond acceptors (Lipinski definition) is 5. The summed E-state index contributed by atoms with van der Waals surface area (Å²) < 4.78 is 0.791. The van der Waals surface area contributed by atoms with Gasteiger partial charge in [0.05, 0.1) is 9.85 Å². The molecule has 1 aliphatic heterocycles. The summed E-state index contributed by atoms with van der Waals surface area (Å²) in [6.45, 7) is 14.0. The molecule has 0 saturated carbocycles. The molecule has 0 unspecified atom stereocenters. The van der Waals surface area contributed by atoms with Crippen LogP contribution in [0.3, 0.4) is 0 Å². The Kier molecular flexibility index (Phi) is 10.1. The zero-order chi connectivity index (χ0) is 28.0. The molecule has 2 aromatic carbocycles. The van der Waals surface area contributed by atoms with Gasteiger partial charge in [0.2, 0.25) is 5.91 Å². The number of rotatable bonds is 4. The summed E-state index contributed by atoms with van der Waals surface area (Å²) in [5.74, 6) is -0.0175. The van der Waals surface area contributed by atoms with Crippen LogP contribution in [0.15, 0.2) is 46.9 Å². The molecule has 1 amide bonds. The first-order chi connectivity index (χ1) is 17.1. The smallest absolute Gasteiger partial charge is 0.270 e. The lowest BCUT2D eigenvalue weighted by Gasteiger charge is -2.25. The maximum absolute atomic E-state index is 12.3. The van der Waals surface area contributed by atoms with E-state index in [-0.39, 0.29) is 28.1 Å². The van der Waals surface area contributed by atoms with Crippen LogP contribution in [0.25, 0.3) is 6.08 Å². The summed E-state index contributed by atoms with van der Waals surface area (Å²) in [5.41, 5.74) is 2.80. The molecule has 9 heteroatoms. The first kappa shape index (κ1) is 30.2. The summed E-state index contributed by atoms with van der Waals surface area (Å²) in [6.07, 6.45) is 6.52. The lowest BCUT2D eigenvalue weighted by atomic mass is 9.83. The maximum atomic E-state index is 12.3. The predicted octanol–water partition coefficient (Wildman–Crippen LogP) is 7.57. The summed E-state index contributed by atoms with van der Waals surface area (Å²) >= 11 is 3.35. The molecule has 8 nitrogen and oxygen atoms in total. The van der Waals surface area contributed by atoms with Crippen LogP contribution < -0.4 is 0 Å². The van der Waals surface area contributed by atoms with Crippen molar-refractivity contribution in [3.63, 3.8) is 0 Å². The van der Waals surface area contributed by atoms with E-state index in [9.17, 15) is 25.0 Å². The molecule has 200 valence electrons. The van der Waals surface area contributed by atoms with Crippen LogP contribution in [0.4, 0.5) is 11.4 Å². The predicted molar refractivity (Wildman–Crippen MR) is 151 cm³/mol. The summed E-state index contributed by atoms with van der Waals surface area (Å²) in [7, 11) is 0. The molecular formula is C28H36BrN3O5. The zero-order valence-electron chi connectivity index (χ0n) is 22.4. The van der Waals surface area contributed by atoms with Crippen LogP contribution in [-0.2, 0) is 15.6 Å². The van der Waals surface area contributed by atoms with E-state index < -0.39 is 9.85 Å². The molecule has 0 aliphatic carbocycles. The van der Waals surface area contributed by atoms with Crippen molar-refractivity contribution < 1.29 is 14.6 Å². The summed E-state index contributed by atoms with van der Waals surface area (Å²) in [5, 5.41) is 21.5. The molecule has 0 atom stereocenters. The van der Waals surface area contributed by atoms with Crippen LogP contribution in [0.5, 0.6) is 0 Å². The topological polar surface area (TPSA) is 107 Å². The van der Waals surface area contributed by atoms with Crippen LogP contribution in [0.1, 0.15) is 77.5 Å². The van der Waals surface area contributed by atoms with Gasteiger partial charge in [0.25, 0.3) is 11.4 Å². The Hall–Kier alpha value is -3.07. The molecule has 0 spiro atoms. The number of carbonyl (C=O) groups excluding carboxylic acids is 1. The lowest BCUT2D eigenvalue weighted by molar-refractivity contribution is -0.385. The highest BCUT2D eigenvalue weighted by Gasteiger charge is 2.21. The molecule has 0 N–H and O–H groups in total. The normalized spacial score (nSPS) is 14.2. The SMILES string of the molecule is CC(C)(C)c1ccc([N+](=O)[O-])cc1/C=C/C(=O)N1CCCCC1.CC(C)(C)c1ccc([N+](=O)[O-])cc1Br. The number of amides is 1. The van der Waals surface area contributed by atoms with Gasteiger partial charge in [-0.15, -0.1) is 0 Å². The van der Waals surface area contributed by atoms with Gasteiger partial charge in [-0.05, 0) is 52.9 Å². The van der Waals surface area contributed by atoms with Crippen LogP contribution in [-0.4, -0.2) is 33.7 Å². The molecule has 1 aliphatic rings. The standard InChI is InChI=1S/C18H24N2O3.C10H12BrNO2/c1-18(2,3)16-9-8-15(20(22)23)13-14(16)7-10-17(21)19-11-5-4-6-12-19;1-10(2,3)8-5-4-7(12(13)14)6-9(8)11/h7-10,13H,4-6,11-12H2,1-3H3;4-6H,1-3H3/b10-7+;. The van der Waals surface area contributed by atoms with Gasteiger partial charge >= 0.3 is 0 Å². The molecule has 3 rings (SSSR count). The van der Waals surface area contributed by atoms with Crippen LogP contribution in [0, 0.1) is 20.2 Å². The van der Waals surface area contributed by atoms with Crippen molar-refractivity contribution in [1.82, 2.24) is 4.90 Å². The van der Waals surface area contributed by atoms with Gasteiger partial charge < -0.3 is 4.90 Å². The molecule has 0 radical (unpaired) electrons. The zero-order valence-corrected chi connectivity index (χ0v) is 24.0. The van der Waals surface area contributed by atoms with Crippen LogP contribution in [0.2, 0.25) is 0 Å². The number of nitro benzene ring substituents is 2. The number of piperidine rings is 1. The monoisotopic (exact) mass is 573 g/mol. The Labute approximate surface area is 227 Å². The molecular weight excluding hydrogens is 538 g/mol. The number of non-ortho nitro benzene ring substituents is 2. The summed E-state index contributed by atoms with van der Waals surface area (Å²) in [6, 6.07) is 9.71. The number of halogens is 1. The highest BCUT2D eigenvalue weighted by molar-refractivity contribution is 9.10. The van der Waals surface area contributed by atoms with Gasteiger partial charge in [0.15, 0.2) is 0 Å². The minimum Gasteiger partial charge on any atom is -0.339 e. The number of nitrogens with zero attached hydrogens (tertiary/aromatic N) is 3. The number of benzene rings is 2. The van der Waals surface area contributed by atoms with E-state index in [2.05, 4.69) is 57.5 Å². The first-order valence-electron chi connectivity index (χ1n) is 12.3. The van der Waals surface area contributed by atoms with Gasteiger partial charge in [-0.2, -0.15) is 0 Å². The quantitative estimate of drug-likeness (QED) is 0.213. The van der Waals surface area contributed by atoms with E-state index >= 15 is 0 Å². The third-order valence-corrected chi connectivity index (χ3v) is 6.75. The summed E-state index contributed by atoms with van der Waals surface area (Å²) in [4.78, 5) is 34.8. The Balaban J connectivity index is 0.000000294. The molecule has 1 saturated heterocycles. The Morgan fingerprint density at radius 2 is 1.32 bits per heavy atom. The molecule has 0 aromatic heterocycles. The average Bonchev–Trinajstić information content (AvgIpc) is 2.81. The molecule has 1 heterocycles. The fourth-order valence-electron chi connectivity index (χ4n) is 4.09. The van der Waals surface area contributed by atoms with Crippen molar-refractivity contribution in [2.24, 2.45) is 0 Å². The Morgan fingerprint density at radius 3 is 1.78 bits per heavy atom. The maximum Gasteiger partial charge on any atom is 0.270 e. The van der Waals surface area contributed by atoms with Crippen molar-refractivity contribution >= 4 is 39.3 Å². The Bertz CT molecular complexity index is 1170. The average molecular weight is 575 g/mol. The second-order valence-corrected chi connectivity index (χ2v) is 12.0. The van der Waals surface area contributed by atoms with Gasteiger partial charge in [-0.25, -0.2) is 0 Å². The minimum atomic E-state index is -0.407. The third kappa shape index (κ3) is 8.77. The number of nitro groups is 2. The van der Waals surface area contributed by atoms with E-state index in [4.69, 9.17) is 0 Å². The van der Waals surface area contributed by atoms with Gasteiger partial charge in [-0.3, -0.25) is 25.0 Å². The van der Waals surface area contributed by atoms with Crippen LogP contribution >= 0.6 is 15.9 Å². The third-order valence-electron chi connectivity index (χ3n) is 6.10. The molecule has 2 aromatic rings. The molecule has 37 heavy (non-hydrogen) atoms. The van der Waals surface area contributed by atoms with Gasteiger partial charge in [-0.1, -0.05) is 69.6 Å². The van der Waals surface area contributed by atoms with E-state index in [1.54, 1.807) is 36.4 Å². The van der Waals surface area contributed by atoms with Crippen molar-refractivity contribution in [3.05, 3.63) is 83.9 Å². The van der Waals surface area contributed by atoms with E-state index in [0.29, 0.717) is 0 Å². The second kappa shape index (κ2) is 12.4. The lowest BCUT2D eigenvalue weighted by Crippen LogP contribution is -2.34. The highest BCUT2D eigenvalue weighted by atomic mass is 79.9. The second-order valence-electron chi connectivity index (χ2n) is 11.2. The number of likely N-dealkylation sites (tertiary alicyclic amines) is 1. The van der Waals surface area contributed by atoms with Crippen molar-refractivity contribution in [1.29, 1.82) is 0 Å².